The molecule has 0 saturated carbocycles. The van der Waals surface area contributed by atoms with E-state index in [-0.39, 0.29) is 16.8 Å². The van der Waals surface area contributed by atoms with E-state index in [9.17, 15) is 13.2 Å². The van der Waals surface area contributed by atoms with E-state index in [0.717, 1.165) is 18.4 Å². The monoisotopic (exact) mass is 299 g/mol. The number of nitrogens with one attached hydrogen (secondary N) is 1. The van der Waals surface area contributed by atoms with Crippen molar-refractivity contribution in [3.63, 3.8) is 0 Å². The van der Waals surface area contributed by atoms with E-state index in [1.807, 2.05) is 6.92 Å². The van der Waals surface area contributed by atoms with Crippen molar-refractivity contribution in [3.8, 4) is 0 Å². The van der Waals surface area contributed by atoms with Crippen LogP contribution in [0.1, 0.15) is 31.7 Å². The number of hydrogen-bond donors (Lipinski definition) is 3. The smallest absolute Gasteiger partial charge is 0.238 e. The van der Waals surface area contributed by atoms with Gasteiger partial charge in [-0.05, 0) is 24.1 Å². The molecule has 0 aromatic heterocycles. The van der Waals surface area contributed by atoms with Crippen LogP contribution in [0.25, 0.3) is 0 Å². The van der Waals surface area contributed by atoms with Crippen LogP contribution in [0.5, 0.6) is 0 Å². The lowest BCUT2D eigenvalue weighted by molar-refractivity contribution is -0.121. The number of carbonyl (C=O) groups excluding carboxylic acids is 1. The van der Waals surface area contributed by atoms with Crippen molar-refractivity contribution >= 4 is 15.9 Å². The topological polar surface area (TPSA) is 115 Å². The number of sulfonamides is 1. The van der Waals surface area contributed by atoms with Gasteiger partial charge in [-0.25, -0.2) is 13.6 Å². The van der Waals surface area contributed by atoms with Crippen LogP contribution in [0.4, 0.5) is 0 Å². The Morgan fingerprint density at radius 2 is 1.90 bits per heavy atom. The first-order valence-electron chi connectivity index (χ1n) is 6.47. The van der Waals surface area contributed by atoms with Crippen molar-refractivity contribution < 1.29 is 13.2 Å². The van der Waals surface area contributed by atoms with E-state index in [1.54, 1.807) is 12.1 Å². The zero-order valence-electron chi connectivity index (χ0n) is 11.5. The Hall–Kier alpha value is -1.44. The molecular weight excluding hydrogens is 278 g/mol. The summed E-state index contributed by atoms with van der Waals surface area (Å²) < 4.78 is 22.2. The average molecular weight is 299 g/mol. The van der Waals surface area contributed by atoms with Gasteiger partial charge in [-0.1, -0.05) is 25.5 Å². The van der Waals surface area contributed by atoms with Crippen molar-refractivity contribution in [2.75, 3.05) is 0 Å². The number of nitrogens with two attached hydrogens (primary N) is 2. The van der Waals surface area contributed by atoms with Gasteiger partial charge in [-0.2, -0.15) is 0 Å². The molecule has 1 unspecified atom stereocenters. The maximum Gasteiger partial charge on any atom is 0.238 e. The molecule has 0 aliphatic rings. The highest BCUT2D eigenvalue weighted by atomic mass is 32.2. The third kappa shape index (κ3) is 5.68. The van der Waals surface area contributed by atoms with Gasteiger partial charge < -0.3 is 11.1 Å². The lowest BCUT2D eigenvalue weighted by Gasteiger charge is -2.10. The first-order chi connectivity index (χ1) is 9.32. The van der Waals surface area contributed by atoms with Crippen LogP contribution in [0.15, 0.2) is 29.2 Å². The molecule has 6 nitrogen and oxygen atoms in total. The van der Waals surface area contributed by atoms with E-state index in [1.165, 1.54) is 12.1 Å². The van der Waals surface area contributed by atoms with Crippen LogP contribution in [0.2, 0.25) is 0 Å². The summed E-state index contributed by atoms with van der Waals surface area (Å²) in [6, 6.07) is 5.95. The average Bonchev–Trinajstić information content (AvgIpc) is 2.36. The number of benzene rings is 1. The highest BCUT2D eigenvalue weighted by Gasteiger charge is 2.09. The molecule has 20 heavy (non-hydrogen) atoms. The zero-order valence-corrected chi connectivity index (χ0v) is 12.3. The minimum Gasteiger partial charge on any atom is -0.352 e. The summed E-state index contributed by atoms with van der Waals surface area (Å²) in [6.45, 7) is 2.35. The highest BCUT2D eigenvalue weighted by molar-refractivity contribution is 7.89. The Kier molecular flexibility index (Phi) is 6.12. The molecule has 0 spiro atoms. The number of carbonyl (C=O) groups is 1. The number of hydrogen-bond acceptors (Lipinski definition) is 4. The van der Waals surface area contributed by atoms with Gasteiger partial charge in [0.05, 0.1) is 4.90 Å². The van der Waals surface area contributed by atoms with Crippen LogP contribution < -0.4 is 16.2 Å². The third-order valence-corrected chi connectivity index (χ3v) is 3.78. The van der Waals surface area contributed by atoms with E-state index in [4.69, 9.17) is 10.9 Å². The molecule has 0 bridgehead atoms. The van der Waals surface area contributed by atoms with E-state index in [0.29, 0.717) is 13.0 Å². The van der Waals surface area contributed by atoms with Crippen LogP contribution in [0.3, 0.4) is 0 Å². The number of amides is 1. The van der Waals surface area contributed by atoms with E-state index in [2.05, 4.69) is 5.32 Å². The van der Waals surface area contributed by atoms with Crippen LogP contribution in [-0.2, 0) is 21.4 Å². The molecule has 1 aromatic rings. The summed E-state index contributed by atoms with van der Waals surface area (Å²) in [6.07, 6.45) is 2.06. The van der Waals surface area contributed by atoms with E-state index >= 15 is 0 Å². The van der Waals surface area contributed by atoms with Gasteiger partial charge in [0.25, 0.3) is 0 Å². The second kappa shape index (κ2) is 7.37. The summed E-state index contributed by atoms with van der Waals surface area (Å²) in [5.74, 6) is -0.110. The first-order valence-corrected chi connectivity index (χ1v) is 8.01. The van der Waals surface area contributed by atoms with Gasteiger partial charge >= 0.3 is 0 Å². The normalized spacial score (nSPS) is 12.9. The Morgan fingerprint density at radius 1 is 1.30 bits per heavy atom. The standard InChI is InChI=1S/C13H21N3O3S/c1-2-3-11(14)8-13(17)16-9-10-4-6-12(7-5-10)20(15,18)19/h4-7,11H,2-3,8-9,14H2,1H3,(H,16,17)(H2,15,18,19). The van der Waals surface area contributed by atoms with Gasteiger partial charge in [-0.3, -0.25) is 4.79 Å². The molecule has 112 valence electrons. The minimum absolute atomic E-state index is 0.0533. The second-order valence-electron chi connectivity index (χ2n) is 4.72. The van der Waals surface area contributed by atoms with E-state index < -0.39 is 10.0 Å². The summed E-state index contributed by atoms with van der Waals surface area (Å²) in [5.41, 5.74) is 6.58. The van der Waals surface area contributed by atoms with Crippen LogP contribution in [0, 0.1) is 0 Å². The molecular formula is C13H21N3O3S. The van der Waals surface area contributed by atoms with Gasteiger partial charge in [0.2, 0.25) is 15.9 Å². The molecule has 0 heterocycles. The summed E-state index contributed by atoms with van der Waals surface area (Å²) in [5, 5.41) is 7.75. The second-order valence-corrected chi connectivity index (χ2v) is 6.28. The summed E-state index contributed by atoms with van der Waals surface area (Å²) in [7, 11) is -3.68. The van der Waals surface area contributed by atoms with Crippen molar-refractivity contribution in [2.24, 2.45) is 10.9 Å². The Labute approximate surface area is 119 Å². The molecule has 1 amide bonds. The molecule has 0 aliphatic heterocycles. The predicted octanol–water partition coefficient (Wildman–Crippen LogP) is 0.468. The molecule has 0 fully saturated rings. The maximum absolute atomic E-state index is 11.6. The zero-order chi connectivity index (χ0) is 15.2. The van der Waals surface area contributed by atoms with Crippen molar-refractivity contribution in [1.82, 2.24) is 5.32 Å². The van der Waals surface area contributed by atoms with Gasteiger partial charge in [0.1, 0.15) is 0 Å². The van der Waals surface area contributed by atoms with Crippen molar-refractivity contribution in [3.05, 3.63) is 29.8 Å². The fourth-order valence-corrected chi connectivity index (χ4v) is 2.30. The van der Waals surface area contributed by atoms with Crippen LogP contribution in [-0.4, -0.2) is 20.4 Å². The maximum atomic E-state index is 11.6. The molecule has 0 saturated heterocycles. The molecule has 7 heteroatoms. The van der Waals surface area contributed by atoms with Gasteiger partial charge in [0.15, 0.2) is 0 Å². The predicted molar refractivity (Wildman–Crippen MR) is 77.2 cm³/mol. The molecule has 1 atom stereocenters. The largest absolute Gasteiger partial charge is 0.352 e. The fourth-order valence-electron chi connectivity index (χ4n) is 1.78. The lowest BCUT2D eigenvalue weighted by atomic mass is 10.1. The molecule has 1 rings (SSSR count). The summed E-state index contributed by atoms with van der Waals surface area (Å²) >= 11 is 0. The highest BCUT2D eigenvalue weighted by Crippen LogP contribution is 2.08. The molecule has 1 aromatic carbocycles. The number of primary sulfonamides is 1. The fraction of sp³-hybridized carbons (Fsp3) is 0.462. The van der Waals surface area contributed by atoms with Crippen molar-refractivity contribution in [1.29, 1.82) is 0 Å². The summed E-state index contributed by atoms with van der Waals surface area (Å²) in [4.78, 5) is 11.7. The SMILES string of the molecule is CCCC(N)CC(=O)NCc1ccc(S(N)(=O)=O)cc1. The quantitative estimate of drug-likeness (QED) is 0.678. The third-order valence-electron chi connectivity index (χ3n) is 2.85. The van der Waals surface area contributed by atoms with Crippen LogP contribution >= 0.6 is 0 Å². The lowest BCUT2D eigenvalue weighted by Crippen LogP contribution is -2.31. The molecule has 0 radical (unpaired) electrons. The Balaban J connectivity index is 2.48. The number of rotatable bonds is 7. The van der Waals surface area contributed by atoms with Crippen molar-refractivity contribution in [2.45, 2.75) is 43.7 Å². The first kappa shape index (κ1) is 16.6. The minimum atomic E-state index is -3.68. The van der Waals surface area contributed by atoms with Gasteiger partial charge in [0, 0.05) is 19.0 Å². The van der Waals surface area contributed by atoms with Gasteiger partial charge in [-0.15, -0.1) is 0 Å². The Morgan fingerprint density at radius 3 is 2.40 bits per heavy atom. The molecule has 0 aliphatic carbocycles. The molecule has 5 N–H and O–H groups in total. The Bertz CT molecular complexity index is 540.